The lowest BCUT2D eigenvalue weighted by Gasteiger charge is -2.04. The number of hydrogen-bond acceptors (Lipinski definition) is 1. The molecule has 0 aromatic heterocycles. The Morgan fingerprint density at radius 2 is 2.25 bits per heavy atom. The molecule has 1 aromatic rings. The summed E-state index contributed by atoms with van der Waals surface area (Å²) >= 11 is 1.93. The van der Waals surface area contributed by atoms with Crippen molar-refractivity contribution in [1.82, 2.24) is 0 Å². The highest BCUT2D eigenvalue weighted by atomic mass is 127. The fourth-order valence-electron chi connectivity index (χ4n) is 0.985. The summed E-state index contributed by atoms with van der Waals surface area (Å²) < 4.78 is 13.5. The van der Waals surface area contributed by atoms with Gasteiger partial charge in [0.2, 0.25) is 0 Å². The largest absolute Gasteiger partial charge is 0.206 e. The van der Waals surface area contributed by atoms with E-state index in [1.54, 1.807) is 6.07 Å². The van der Waals surface area contributed by atoms with Crippen LogP contribution in [0.15, 0.2) is 12.1 Å². The minimum Gasteiger partial charge on any atom is -0.206 e. The van der Waals surface area contributed by atoms with Crippen molar-refractivity contribution in [2.24, 2.45) is 0 Å². The van der Waals surface area contributed by atoms with Crippen LogP contribution in [0, 0.1) is 27.6 Å². The monoisotopic (exact) mass is 275 g/mol. The highest BCUT2D eigenvalue weighted by Crippen LogP contribution is 2.20. The first-order chi connectivity index (χ1) is 5.66. The zero-order valence-electron chi connectivity index (χ0n) is 6.56. The second kappa shape index (κ2) is 3.85. The van der Waals surface area contributed by atoms with E-state index in [-0.39, 0.29) is 12.2 Å². The van der Waals surface area contributed by atoms with Crippen molar-refractivity contribution < 1.29 is 4.39 Å². The Morgan fingerprint density at radius 3 is 2.83 bits per heavy atom. The van der Waals surface area contributed by atoms with Gasteiger partial charge in [0.1, 0.15) is 5.82 Å². The first-order valence-electron chi connectivity index (χ1n) is 3.47. The molecule has 0 spiro atoms. The molecule has 0 fully saturated rings. The van der Waals surface area contributed by atoms with Gasteiger partial charge in [0.05, 0.1) is 16.1 Å². The molecule has 0 atom stereocenters. The first kappa shape index (κ1) is 9.46. The van der Waals surface area contributed by atoms with Crippen LogP contribution in [0.5, 0.6) is 0 Å². The van der Waals surface area contributed by atoms with Crippen LogP contribution in [0.1, 0.15) is 11.1 Å². The molecule has 0 radical (unpaired) electrons. The van der Waals surface area contributed by atoms with Gasteiger partial charge in [-0.05, 0) is 46.7 Å². The summed E-state index contributed by atoms with van der Waals surface area (Å²) in [5, 5.41) is 8.48. The van der Waals surface area contributed by atoms with E-state index in [1.807, 2.05) is 35.6 Å². The first-order valence-corrected chi connectivity index (χ1v) is 4.55. The molecule has 1 nitrogen and oxygen atoms in total. The highest BCUT2D eigenvalue weighted by Gasteiger charge is 2.07. The van der Waals surface area contributed by atoms with Crippen molar-refractivity contribution in [3.8, 4) is 6.07 Å². The minimum atomic E-state index is -0.244. The zero-order chi connectivity index (χ0) is 9.14. The maximum atomic E-state index is 13.0. The lowest BCUT2D eigenvalue weighted by molar-refractivity contribution is 0.617. The Balaban J connectivity index is 3.25. The van der Waals surface area contributed by atoms with Crippen molar-refractivity contribution in [3.63, 3.8) is 0 Å². The summed E-state index contributed by atoms with van der Waals surface area (Å²) in [5.41, 5.74) is 1.78. The summed E-state index contributed by atoms with van der Waals surface area (Å²) in [6.45, 7) is 1.88. The topological polar surface area (TPSA) is 23.8 Å². The Kier molecular flexibility index (Phi) is 3.04. The van der Waals surface area contributed by atoms with E-state index in [2.05, 4.69) is 0 Å². The summed E-state index contributed by atoms with van der Waals surface area (Å²) in [4.78, 5) is 0. The Bertz CT molecular complexity index is 341. The number of rotatable bonds is 1. The third-order valence-corrected chi connectivity index (χ3v) is 2.85. The van der Waals surface area contributed by atoms with Crippen LogP contribution in [0.25, 0.3) is 0 Å². The van der Waals surface area contributed by atoms with Crippen LogP contribution in [-0.4, -0.2) is 0 Å². The SMILES string of the molecule is Cc1ccc(F)c(I)c1CC#N. The summed E-state index contributed by atoms with van der Waals surface area (Å²) in [6.07, 6.45) is 0.280. The zero-order valence-corrected chi connectivity index (χ0v) is 8.72. The lowest BCUT2D eigenvalue weighted by Crippen LogP contribution is -1.95. The van der Waals surface area contributed by atoms with Crippen molar-refractivity contribution in [2.75, 3.05) is 0 Å². The third kappa shape index (κ3) is 1.75. The molecule has 12 heavy (non-hydrogen) atoms. The van der Waals surface area contributed by atoms with E-state index in [0.29, 0.717) is 3.57 Å². The molecule has 0 aliphatic carbocycles. The number of aryl methyl sites for hydroxylation is 1. The van der Waals surface area contributed by atoms with Crippen LogP contribution in [0.3, 0.4) is 0 Å². The predicted molar refractivity (Wildman–Crippen MR) is 53.2 cm³/mol. The van der Waals surface area contributed by atoms with Crippen molar-refractivity contribution in [2.45, 2.75) is 13.3 Å². The van der Waals surface area contributed by atoms with Crippen LogP contribution in [-0.2, 0) is 6.42 Å². The maximum Gasteiger partial charge on any atom is 0.136 e. The van der Waals surface area contributed by atoms with E-state index in [9.17, 15) is 4.39 Å². The van der Waals surface area contributed by atoms with Gasteiger partial charge in [0.15, 0.2) is 0 Å². The smallest absolute Gasteiger partial charge is 0.136 e. The Labute approximate surface area is 84.3 Å². The van der Waals surface area contributed by atoms with Gasteiger partial charge in [0.25, 0.3) is 0 Å². The van der Waals surface area contributed by atoms with Crippen molar-refractivity contribution >= 4 is 22.6 Å². The van der Waals surface area contributed by atoms with E-state index < -0.39 is 0 Å². The second-order valence-electron chi connectivity index (χ2n) is 2.49. The number of nitrogens with zero attached hydrogens (tertiary/aromatic N) is 1. The van der Waals surface area contributed by atoms with Gasteiger partial charge >= 0.3 is 0 Å². The molecule has 0 saturated heterocycles. The molecule has 1 aromatic carbocycles. The molecule has 0 aliphatic heterocycles. The molecule has 3 heteroatoms. The average molecular weight is 275 g/mol. The molecule has 0 amide bonds. The molecular weight excluding hydrogens is 268 g/mol. The lowest BCUT2D eigenvalue weighted by atomic mass is 10.1. The molecule has 1 rings (SSSR count). The van der Waals surface area contributed by atoms with E-state index in [1.165, 1.54) is 6.07 Å². The predicted octanol–water partition coefficient (Wildman–Crippen LogP) is 2.80. The number of nitriles is 1. The van der Waals surface area contributed by atoms with Gasteiger partial charge in [0, 0.05) is 0 Å². The molecule has 0 unspecified atom stereocenters. The normalized spacial score (nSPS) is 9.50. The van der Waals surface area contributed by atoms with Crippen LogP contribution in [0.2, 0.25) is 0 Å². The number of hydrogen-bond donors (Lipinski definition) is 0. The van der Waals surface area contributed by atoms with Gasteiger partial charge in [-0.3, -0.25) is 0 Å². The highest BCUT2D eigenvalue weighted by molar-refractivity contribution is 14.1. The minimum absolute atomic E-state index is 0.244. The van der Waals surface area contributed by atoms with Gasteiger partial charge in [-0.2, -0.15) is 5.26 Å². The molecule has 0 N–H and O–H groups in total. The second-order valence-corrected chi connectivity index (χ2v) is 3.57. The van der Waals surface area contributed by atoms with Crippen molar-refractivity contribution in [3.05, 3.63) is 32.6 Å². The fraction of sp³-hybridized carbons (Fsp3) is 0.222. The summed E-state index contributed by atoms with van der Waals surface area (Å²) in [7, 11) is 0. The average Bonchev–Trinajstić information content (AvgIpc) is 2.06. The maximum absolute atomic E-state index is 13.0. The summed E-state index contributed by atoms with van der Waals surface area (Å²) in [5.74, 6) is -0.244. The summed E-state index contributed by atoms with van der Waals surface area (Å²) in [6, 6.07) is 5.15. The van der Waals surface area contributed by atoms with Crippen molar-refractivity contribution in [1.29, 1.82) is 5.26 Å². The molecule has 62 valence electrons. The fourth-order valence-corrected chi connectivity index (χ4v) is 1.78. The van der Waals surface area contributed by atoms with Gasteiger partial charge in [-0.1, -0.05) is 6.07 Å². The number of benzene rings is 1. The molecular formula is C9H7FIN. The molecule has 0 heterocycles. The quantitative estimate of drug-likeness (QED) is 0.723. The van der Waals surface area contributed by atoms with E-state index >= 15 is 0 Å². The Morgan fingerprint density at radius 1 is 1.58 bits per heavy atom. The molecule has 0 aliphatic rings. The van der Waals surface area contributed by atoms with E-state index in [0.717, 1.165) is 11.1 Å². The van der Waals surface area contributed by atoms with Gasteiger partial charge in [-0.15, -0.1) is 0 Å². The van der Waals surface area contributed by atoms with Crippen LogP contribution < -0.4 is 0 Å². The standard InChI is InChI=1S/C9H7FIN/c1-6-2-3-8(10)9(11)7(6)4-5-12/h2-3H,4H2,1H3. The molecule has 0 bridgehead atoms. The number of halogens is 2. The Hall–Kier alpha value is -0.630. The van der Waals surface area contributed by atoms with Crippen LogP contribution >= 0.6 is 22.6 Å². The van der Waals surface area contributed by atoms with Crippen LogP contribution in [0.4, 0.5) is 4.39 Å². The van der Waals surface area contributed by atoms with E-state index in [4.69, 9.17) is 5.26 Å². The third-order valence-electron chi connectivity index (χ3n) is 1.69. The molecule has 0 saturated carbocycles. The van der Waals surface area contributed by atoms with Gasteiger partial charge in [-0.25, -0.2) is 4.39 Å². The van der Waals surface area contributed by atoms with Gasteiger partial charge < -0.3 is 0 Å².